The van der Waals surface area contributed by atoms with E-state index in [4.69, 9.17) is 22.1 Å². The number of rotatable bonds is 5. The molecule has 0 unspecified atom stereocenters. The quantitative estimate of drug-likeness (QED) is 0.732. The summed E-state index contributed by atoms with van der Waals surface area (Å²) in [5, 5.41) is 0.347. The summed E-state index contributed by atoms with van der Waals surface area (Å²) >= 11 is 6.06. The lowest BCUT2D eigenvalue weighted by molar-refractivity contribution is 0.297. The predicted molar refractivity (Wildman–Crippen MR) is 86.1 cm³/mol. The second kappa shape index (κ2) is 6.19. The highest BCUT2D eigenvalue weighted by molar-refractivity contribution is 6.29. The molecule has 2 heterocycles. The molecular weight excluding hydrogens is 302 g/mol. The molecule has 0 aliphatic rings. The molecule has 114 valence electrons. The fraction of sp³-hybridized carbons (Fsp3) is 0.267. The Labute approximate surface area is 132 Å². The molecular formula is C15H16ClN5O. The van der Waals surface area contributed by atoms with Crippen LogP contribution in [0.4, 0.5) is 5.82 Å². The van der Waals surface area contributed by atoms with E-state index in [2.05, 4.69) is 15.0 Å². The van der Waals surface area contributed by atoms with Crippen molar-refractivity contribution in [3.8, 4) is 6.01 Å². The number of nitrogens with two attached hydrogens (primary N) is 1. The van der Waals surface area contributed by atoms with Crippen LogP contribution in [-0.2, 0) is 13.0 Å². The standard InChI is InChI=1S/C15H16ClN5O/c1-2-21-13-11(18-14(21)16)12(17)19-15(20-13)22-9-8-10-6-4-3-5-7-10/h3-7H,2,8-9H2,1H3,(H2,17,19,20). The molecule has 0 bridgehead atoms. The molecule has 0 aliphatic carbocycles. The van der Waals surface area contributed by atoms with Crippen LogP contribution in [0, 0.1) is 0 Å². The fourth-order valence-electron chi connectivity index (χ4n) is 2.22. The summed E-state index contributed by atoms with van der Waals surface area (Å²) < 4.78 is 7.38. The molecule has 3 rings (SSSR count). The van der Waals surface area contributed by atoms with Crippen molar-refractivity contribution in [2.45, 2.75) is 19.9 Å². The molecule has 0 atom stereocenters. The van der Waals surface area contributed by atoms with E-state index in [1.165, 1.54) is 5.56 Å². The maximum atomic E-state index is 6.06. The lowest BCUT2D eigenvalue weighted by atomic mass is 10.2. The molecule has 6 nitrogen and oxygen atoms in total. The van der Waals surface area contributed by atoms with Crippen LogP contribution in [0.1, 0.15) is 12.5 Å². The lowest BCUT2D eigenvalue weighted by Crippen LogP contribution is -2.07. The van der Waals surface area contributed by atoms with Gasteiger partial charge in [-0.25, -0.2) is 4.98 Å². The summed E-state index contributed by atoms with van der Waals surface area (Å²) in [5.41, 5.74) is 8.20. The van der Waals surface area contributed by atoms with E-state index >= 15 is 0 Å². The van der Waals surface area contributed by atoms with Crippen molar-refractivity contribution in [2.75, 3.05) is 12.3 Å². The summed E-state index contributed by atoms with van der Waals surface area (Å²) in [6, 6.07) is 10.3. The van der Waals surface area contributed by atoms with Crippen molar-refractivity contribution in [3.05, 3.63) is 41.2 Å². The largest absolute Gasteiger partial charge is 0.463 e. The fourth-order valence-corrected chi connectivity index (χ4v) is 2.51. The van der Waals surface area contributed by atoms with Gasteiger partial charge in [0.15, 0.2) is 17.0 Å². The van der Waals surface area contributed by atoms with Gasteiger partial charge in [-0.05, 0) is 24.1 Å². The van der Waals surface area contributed by atoms with Crippen molar-refractivity contribution in [1.29, 1.82) is 0 Å². The van der Waals surface area contributed by atoms with Crippen LogP contribution in [0.5, 0.6) is 6.01 Å². The SMILES string of the molecule is CCn1c(Cl)nc2c(N)nc(OCCc3ccccc3)nc21. The number of benzene rings is 1. The van der Waals surface area contributed by atoms with E-state index in [0.29, 0.717) is 29.6 Å². The third-order valence-corrected chi connectivity index (χ3v) is 3.62. The number of nitrogen functional groups attached to an aromatic ring is 1. The Morgan fingerprint density at radius 3 is 2.68 bits per heavy atom. The Morgan fingerprint density at radius 1 is 1.18 bits per heavy atom. The first-order valence-electron chi connectivity index (χ1n) is 7.05. The van der Waals surface area contributed by atoms with Gasteiger partial charge in [0.05, 0.1) is 6.61 Å². The zero-order chi connectivity index (χ0) is 15.5. The molecule has 0 saturated carbocycles. The van der Waals surface area contributed by atoms with Crippen molar-refractivity contribution >= 4 is 28.6 Å². The number of anilines is 1. The van der Waals surface area contributed by atoms with Crippen LogP contribution in [0.2, 0.25) is 5.28 Å². The molecule has 3 aromatic rings. The Hall–Kier alpha value is -2.34. The molecule has 0 spiro atoms. The van der Waals surface area contributed by atoms with Gasteiger partial charge in [0.2, 0.25) is 5.28 Å². The number of halogens is 1. The molecule has 1 aromatic carbocycles. The van der Waals surface area contributed by atoms with Crippen LogP contribution in [0.3, 0.4) is 0 Å². The number of imidazole rings is 1. The molecule has 0 amide bonds. The third-order valence-electron chi connectivity index (χ3n) is 3.34. The lowest BCUT2D eigenvalue weighted by Gasteiger charge is -2.06. The van der Waals surface area contributed by atoms with Gasteiger partial charge in [-0.15, -0.1) is 0 Å². The Bertz CT molecular complexity index is 787. The molecule has 22 heavy (non-hydrogen) atoms. The zero-order valence-corrected chi connectivity index (χ0v) is 12.9. The van der Waals surface area contributed by atoms with Gasteiger partial charge in [-0.2, -0.15) is 9.97 Å². The highest BCUT2D eigenvalue weighted by Gasteiger charge is 2.15. The summed E-state index contributed by atoms with van der Waals surface area (Å²) in [4.78, 5) is 12.7. The number of hydrogen-bond donors (Lipinski definition) is 1. The second-order valence-electron chi connectivity index (χ2n) is 4.77. The van der Waals surface area contributed by atoms with E-state index in [1.54, 1.807) is 4.57 Å². The van der Waals surface area contributed by atoms with Gasteiger partial charge in [-0.1, -0.05) is 30.3 Å². The molecule has 2 aromatic heterocycles. The number of nitrogens with zero attached hydrogens (tertiary/aromatic N) is 4. The maximum Gasteiger partial charge on any atom is 0.320 e. The van der Waals surface area contributed by atoms with Crippen molar-refractivity contribution in [1.82, 2.24) is 19.5 Å². The van der Waals surface area contributed by atoms with Crippen LogP contribution in [0.25, 0.3) is 11.2 Å². The Morgan fingerprint density at radius 2 is 1.95 bits per heavy atom. The molecule has 7 heteroatoms. The Balaban J connectivity index is 1.79. The molecule has 0 saturated heterocycles. The molecule has 2 N–H and O–H groups in total. The highest BCUT2D eigenvalue weighted by Crippen LogP contribution is 2.23. The first-order chi connectivity index (χ1) is 10.7. The van der Waals surface area contributed by atoms with Crippen LogP contribution < -0.4 is 10.5 Å². The smallest absolute Gasteiger partial charge is 0.320 e. The van der Waals surface area contributed by atoms with Gasteiger partial charge in [-0.3, -0.25) is 4.57 Å². The second-order valence-corrected chi connectivity index (χ2v) is 5.11. The van der Waals surface area contributed by atoms with E-state index in [0.717, 1.165) is 6.42 Å². The number of aromatic nitrogens is 4. The predicted octanol–water partition coefficient (Wildman–Crippen LogP) is 2.70. The monoisotopic (exact) mass is 317 g/mol. The average molecular weight is 318 g/mol. The minimum atomic E-state index is 0.243. The zero-order valence-electron chi connectivity index (χ0n) is 12.2. The van der Waals surface area contributed by atoms with Crippen molar-refractivity contribution in [3.63, 3.8) is 0 Å². The molecule has 0 fully saturated rings. The molecule has 0 aliphatic heterocycles. The van der Waals surface area contributed by atoms with Crippen LogP contribution >= 0.6 is 11.6 Å². The molecule has 0 radical (unpaired) electrons. The number of aryl methyl sites for hydroxylation is 1. The minimum absolute atomic E-state index is 0.243. The summed E-state index contributed by atoms with van der Waals surface area (Å²) in [6.45, 7) is 3.08. The topological polar surface area (TPSA) is 78.9 Å². The van der Waals surface area contributed by atoms with Crippen molar-refractivity contribution in [2.24, 2.45) is 0 Å². The van der Waals surface area contributed by atoms with Gasteiger partial charge in [0.1, 0.15) is 0 Å². The van der Waals surface area contributed by atoms with Crippen molar-refractivity contribution < 1.29 is 4.74 Å². The number of ether oxygens (including phenoxy) is 1. The number of hydrogen-bond acceptors (Lipinski definition) is 5. The summed E-state index contributed by atoms with van der Waals surface area (Å²) in [6.07, 6.45) is 0.774. The van der Waals surface area contributed by atoms with Gasteiger partial charge in [0, 0.05) is 13.0 Å². The van der Waals surface area contributed by atoms with E-state index < -0.39 is 0 Å². The van der Waals surface area contributed by atoms with Crippen LogP contribution in [0.15, 0.2) is 30.3 Å². The van der Waals surface area contributed by atoms with Gasteiger partial charge < -0.3 is 10.5 Å². The van der Waals surface area contributed by atoms with E-state index in [-0.39, 0.29) is 11.8 Å². The Kier molecular flexibility index (Phi) is 4.11. The maximum absolute atomic E-state index is 6.06. The third kappa shape index (κ3) is 2.82. The van der Waals surface area contributed by atoms with E-state index in [1.807, 2.05) is 37.3 Å². The minimum Gasteiger partial charge on any atom is -0.463 e. The average Bonchev–Trinajstić information content (AvgIpc) is 2.84. The highest BCUT2D eigenvalue weighted by atomic mass is 35.5. The normalized spacial score (nSPS) is 11.0. The first kappa shape index (κ1) is 14.6. The summed E-state index contributed by atoms with van der Waals surface area (Å²) in [7, 11) is 0. The first-order valence-corrected chi connectivity index (χ1v) is 7.42. The van der Waals surface area contributed by atoms with Gasteiger partial charge >= 0.3 is 6.01 Å². The van der Waals surface area contributed by atoms with E-state index in [9.17, 15) is 0 Å². The van der Waals surface area contributed by atoms with Gasteiger partial charge in [0.25, 0.3) is 0 Å². The van der Waals surface area contributed by atoms with Crippen LogP contribution in [-0.4, -0.2) is 26.1 Å². The number of fused-ring (bicyclic) bond motifs is 1. The summed E-state index contributed by atoms with van der Waals surface area (Å²) in [5.74, 6) is 0.272.